The van der Waals surface area contributed by atoms with E-state index in [2.05, 4.69) is 35.1 Å². The van der Waals surface area contributed by atoms with E-state index in [9.17, 15) is 4.79 Å². The van der Waals surface area contributed by atoms with Crippen molar-refractivity contribution in [2.45, 2.75) is 18.3 Å². The third-order valence-corrected chi connectivity index (χ3v) is 2.41. The lowest BCUT2D eigenvalue weighted by Gasteiger charge is -2.35. The Morgan fingerprint density at radius 1 is 1.69 bits per heavy atom. The average molecular weight is 203 g/mol. The zero-order valence-corrected chi connectivity index (χ0v) is 8.76. The minimum atomic E-state index is 0.250. The molecule has 0 bridgehead atoms. The molecule has 1 fully saturated rings. The first kappa shape index (κ1) is 10.8. The Kier molecular flexibility index (Phi) is 4.55. The molecular weight excluding hydrogens is 186 g/mol. The predicted octanol–water partition coefficient (Wildman–Crippen LogP) is -0.718. The molecule has 0 aromatic carbocycles. The lowest BCUT2D eigenvalue weighted by atomic mass is 10.2. The summed E-state index contributed by atoms with van der Waals surface area (Å²) in [4.78, 5) is 12.3. The summed E-state index contributed by atoms with van der Waals surface area (Å²) in [6, 6.07) is 0.479. The maximum atomic E-state index is 10.0. The van der Waals surface area contributed by atoms with Crippen molar-refractivity contribution >= 4 is 19.0 Å². The molecule has 76 valence electrons. The Hall–Kier alpha value is -0.260. The van der Waals surface area contributed by atoms with Crippen LogP contribution in [0.15, 0.2) is 0 Å². The number of hydrogen-bond donors (Lipinski definition) is 3. The molecule has 4 nitrogen and oxygen atoms in total. The van der Waals surface area contributed by atoms with Crippen LogP contribution in [0.1, 0.15) is 6.92 Å². The molecule has 1 heterocycles. The Balaban J connectivity index is 2.20. The van der Waals surface area contributed by atoms with Gasteiger partial charge in [0, 0.05) is 32.2 Å². The van der Waals surface area contributed by atoms with E-state index in [-0.39, 0.29) is 5.37 Å². The summed E-state index contributed by atoms with van der Waals surface area (Å²) in [7, 11) is 0. The van der Waals surface area contributed by atoms with Gasteiger partial charge < -0.3 is 10.6 Å². The number of nitrogens with zero attached hydrogens (tertiary/aromatic N) is 1. The van der Waals surface area contributed by atoms with Crippen molar-refractivity contribution in [3.05, 3.63) is 0 Å². The molecule has 1 saturated heterocycles. The van der Waals surface area contributed by atoms with Gasteiger partial charge in [0.25, 0.3) is 0 Å². The highest BCUT2D eigenvalue weighted by atomic mass is 32.1. The van der Waals surface area contributed by atoms with Gasteiger partial charge in [-0.2, -0.15) is 12.6 Å². The fraction of sp³-hybridized carbons (Fsp3) is 0.875. The molecule has 13 heavy (non-hydrogen) atoms. The van der Waals surface area contributed by atoms with Crippen LogP contribution in [0.4, 0.5) is 0 Å². The maximum absolute atomic E-state index is 10.0. The smallest absolute Gasteiger partial charge is 0.207 e. The molecule has 0 aliphatic carbocycles. The number of thiol groups is 1. The molecule has 1 aliphatic rings. The fourth-order valence-corrected chi connectivity index (χ4v) is 2.09. The Morgan fingerprint density at radius 2 is 2.46 bits per heavy atom. The molecule has 2 atom stereocenters. The molecule has 5 heteroatoms. The molecule has 0 saturated carbocycles. The van der Waals surface area contributed by atoms with Gasteiger partial charge in [-0.05, 0) is 6.92 Å². The number of piperazine rings is 1. The van der Waals surface area contributed by atoms with Gasteiger partial charge >= 0.3 is 0 Å². The van der Waals surface area contributed by atoms with E-state index in [4.69, 9.17) is 0 Å². The predicted molar refractivity (Wildman–Crippen MR) is 55.9 cm³/mol. The summed E-state index contributed by atoms with van der Waals surface area (Å²) < 4.78 is 0. The molecule has 1 amide bonds. The summed E-state index contributed by atoms with van der Waals surface area (Å²) in [6.07, 6.45) is 0.740. The summed E-state index contributed by atoms with van der Waals surface area (Å²) in [5.74, 6) is 0. The van der Waals surface area contributed by atoms with Crippen LogP contribution in [0.5, 0.6) is 0 Å². The monoisotopic (exact) mass is 203 g/mol. The molecule has 0 aromatic rings. The molecule has 0 spiro atoms. The van der Waals surface area contributed by atoms with Crippen LogP contribution in [0, 0.1) is 0 Å². The lowest BCUT2D eigenvalue weighted by molar-refractivity contribution is -0.109. The van der Waals surface area contributed by atoms with Crippen molar-refractivity contribution in [2.24, 2.45) is 0 Å². The van der Waals surface area contributed by atoms with Crippen LogP contribution in [0.3, 0.4) is 0 Å². The molecule has 0 radical (unpaired) electrons. The number of carbonyl (C=O) groups excluding carboxylic acids is 1. The van der Waals surface area contributed by atoms with Crippen molar-refractivity contribution in [3.8, 4) is 0 Å². The number of amides is 1. The van der Waals surface area contributed by atoms with Crippen LogP contribution < -0.4 is 10.6 Å². The van der Waals surface area contributed by atoms with E-state index in [1.165, 1.54) is 0 Å². The SMILES string of the molecule is CC1CN(CCNC=O)CC(S)N1. The van der Waals surface area contributed by atoms with Gasteiger partial charge in [-0.1, -0.05) is 0 Å². The quantitative estimate of drug-likeness (QED) is 0.321. The number of nitrogens with one attached hydrogen (secondary N) is 2. The van der Waals surface area contributed by atoms with Crippen molar-refractivity contribution in [1.29, 1.82) is 0 Å². The van der Waals surface area contributed by atoms with Crippen molar-refractivity contribution in [1.82, 2.24) is 15.5 Å². The summed E-state index contributed by atoms with van der Waals surface area (Å²) in [6.45, 7) is 5.73. The molecule has 2 N–H and O–H groups in total. The summed E-state index contributed by atoms with van der Waals surface area (Å²) in [5, 5.41) is 6.24. The van der Waals surface area contributed by atoms with Gasteiger partial charge in [0.2, 0.25) is 6.41 Å². The largest absolute Gasteiger partial charge is 0.357 e. The minimum Gasteiger partial charge on any atom is -0.357 e. The summed E-state index contributed by atoms with van der Waals surface area (Å²) >= 11 is 4.38. The van der Waals surface area contributed by atoms with Crippen LogP contribution >= 0.6 is 12.6 Å². The van der Waals surface area contributed by atoms with Gasteiger partial charge in [-0.3, -0.25) is 9.69 Å². The second kappa shape index (κ2) is 5.47. The molecule has 0 aromatic heterocycles. The van der Waals surface area contributed by atoms with Crippen LogP contribution in [-0.4, -0.2) is 48.9 Å². The Labute approximate surface area is 84.5 Å². The number of carbonyl (C=O) groups is 1. The minimum absolute atomic E-state index is 0.250. The molecular formula is C8H17N3OS. The topological polar surface area (TPSA) is 44.4 Å². The highest BCUT2D eigenvalue weighted by Gasteiger charge is 2.20. The third-order valence-electron chi connectivity index (χ3n) is 2.10. The highest BCUT2D eigenvalue weighted by molar-refractivity contribution is 7.80. The van der Waals surface area contributed by atoms with Gasteiger partial charge in [-0.15, -0.1) is 0 Å². The highest BCUT2D eigenvalue weighted by Crippen LogP contribution is 2.05. The average Bonchev–Trinajstić information content (AvgIpc) is 2.03. The first-order valence-electron chi connectivity index (χ1n) is 4.56. The van der Waals surface area contributed by atoms with Crippen molar-refractivity contribution in [3.63, 3.8) is 0 Å². The first-order chi connectivity index (χ1) is 6.22. The number of hydrogen-bond acceptors (Lipinski definition) is 4. The normalized spacial score (nSPS) is 30.0. The Bertz CT molecular complexity index is 157. The standard InChI is InChI=1S/C8H17N3OS/c1-7-4-11(3-2-9-6-12)5-8(13)10-7/h6-8,10,13H,2-5H2,1H3,(H,9,12). The van der Waals surface area contributed by atoms with Gasteiger partial charge in [0.1, 0.15) is 0 Å². The van der Waals surface area contributed by atoms with Crippen molar-refractivity contribution in [2.75, 3.05) is 26.2 Å². The molecule has 1 aliphatic heterocycles. The summed E-state index contributed by atoms with van der Waals surface area (Å²) in [5.41, 5.74) is 0. The van der Waals surface area contributed by atoms with Crippen LogP contribution in [0.25, 0.3) is 0 Å². The second-order valence-corrected chi connectivity index (χ2v) is 4.04. The van der Waals surface area contributed by atoms with E-state index in [0.717, 1.165) is 32.6 Å². The lowest BCUT2D eigenvalue weighted by Crippen LogP contribution is -2.54. The number of rotatable bonds is 4. The van der Waals surface area contributed by atoms with Crippen LogP contribution in [0.2, 0.25) is 0 Å². The van der Waals surface area contributed by atoms with E-state index in [1.807, 2.05) is 0 Å². The first-order valence-corrected chi connectivity index (χ1v) is 5.07. The van der Waals surface area contributed by atoms with Gasteiger partial charge in [-0.25, -0.2) is 0 Å². The van der Waals surface area contributed by atoms with Crippen molar-refractivity contribution < 1.29 is 4.79 Å². The zero-order valence-electron chi connectivity index (χ0n) is 7.86. The fourth-order valence-electron chi connectivity index (χ4n) is 1.60. The van der Waals surface area contributed by atoms with Gasteiger partial charge in [0.05, 0.1) is 5.37 Å². The van der Waals surface area contributed by atoms with Crippen LogP contribution in [-0.2, 0) is 4.79 Å². The van der Waals surface area contributed by atoms with E-state index >= 15 is 0 Å². The maximum Gasteiger partial charge on any atom is 0.207 e. The third kappa shape index (κ3) is 3.97. The van der Waals surface area contributed by atoms with E-state index in [0.29, 0.717) is 6.04 Å². The Morgan fingerprint density at radius 3 is 3.08 bits per heavy atom. The second-order valence-electron chi connectivity index (χ2n) is 3.42. The molecule has 2 unspecified atom stereocenters. The zero-order chi connectivity index (χ0) is 9.68. The van der Waals surface area contributed by atoms with E-state index < -0.39 is 0 Å². The molecule has 1 rings (SSSR count). The van der Waals surface area contributed by atoms with Gasteiger partial charge in [0.15, 0.2) is 0 Å². The van der Waals surface area contributed by atoms with E-state index in [1.54, 1.807) is 0 Å².